The van der Waals surface area contributed by atoms with E-state index in [4.69, 9.17) is 0 Å². The van der Waals surface area contributed by atoms with Crippen molar-refractivity contribution in [3.63, 3.8) is 0 Å². The van der Waals surface area contributed by atoms with Crippen LogP contribution >= 0.6 is 0 Å². The Kier molecular flexibility index (Phi) is 5.57. The number of nitrogens with one attached hydrogen (secondary N) is 1. The third-order valence-corrected chi connectivity index (χ3v) is 4.15. The lowest BCUT2D eigenvalue weighted by Gasteiger charge is -2.27. The predicted molar refractivity (Wildman–Crippen MR) is 88.5 cm³/mol. The first kappa shape index (κ1) is 16.2. The van der Waals surface area contributed by atoms with Crippen molar-refractivity contribution in [1.82, 2.24) is 15.5 Å². The number of hydrogen-bond donors (Lipinski definition) is 1. The molecule has 1 heterocycles. The van der Waals surface area contributed by atoms with Gasteiger partial charge in [0.15, 0.2) is 5.82 Å². The molecule has 1 aliphatic rings. The van der Waals surface area contributed by atoms with Crippen LogP contribution in [0.2, 0.25) is 0 Å². The summed E-state index contributed by atoms with van der Waals surface area (Å²) in [5.74, 6) is 1.81. The molecular weight excluding hydrogens is 260 g/mol. The Morgan fingerprint density at radius 2 is 1.86 bits per heavy atom. The van der Waals surface area contributed by atoms with Crippen molar-refractivity contribution in [2.24, 2.45) is 5.92 Å². The van der Waals surface area contributed by atoms with Gasteiger partial charge >= 0.3 is 0 Å². The maximum absolute atomic E-state index is 4.38. The predicted octanol–water partition coefficient (Wildman–Crippen LogP) is 3.38. The van der Waals surface area contributed by atoms with Gasteiger partial charge in [0, 0.05) is 25.7 Å². The number of hydrogen-bond acceptors (Lipinski definition) is 4. The maximum Gasteiger partial charge on any atom is 0.150 e. The third kappa shape index (κ3) is 5.62. The Hall–Kier alpha value is -1.16. The SMILES string of the molecule is CN(CC1CCCCC1)c1ccc(CNC(C)(C)C)nn1. The van der Waals surface area contributed by atoms with E-state index in [9.17, 15) is 0 Å². The number of rotatable bonds is 5. The first-order valence-electron chi connectivity index (χ1n) is 8.23. The molecule has 0 amide bonds. The molecule has 1 aromatic heterocycles. The van der Waals surface area contributed by atoms with Crippen molar-refractivity contribution >= 4 is 5.82 Å². The number of anilines is 1. The van der Waals surface area contributed by atoms with Gasteiger partial charge in [0.1, 0.15) is 0 Å². The summed E-state index contributed by atoms with van der Waals surface area (Å²) in [4.78, 5) is 2.25. The van der Waals surface area contributed by atoms with Crippen LogP contribution in [0.4, 0.5) is 5.82 Å². The van der Waals surface area contributed by atoms with Crippen molar-refractivity contribution < 1.29 is 0 Å². The summed E-state index contributed by atoms with van der Waals surface area (Å²) in [6, 6.07) is 4.17. The van der Waals surface area contributed by atoms with Crippen molar-refractivity contribution in [3.05, 3.63) is 17.8 Å². The fourth-order valence-electron chi connectivity index (χ4n) is 2.86. The second-order valence-corrected chi connectivity index (χ2v) is 7.37. The van der Waals surface area contributed by atoms with E-state index in [2.05, 4.69) is 60.4 Å². The molecule has 118 valence electrons. The zero-order valence-electron chi connectivity index (χ0n) is 14.0. The van der Waals surface area contributed by atoms with E-state index < -0.39 is 0 Å². The van der Waals surface area contributed by atoms with Crippen molar-refractivity contribution in [2.45, 2.75) is 65.0 Å². The summed E-state index contributed by atoms with van der Waals surface area (Å²) in [7, 11) is 2.13. The van der Waals surface area contributed by atoms with Gasteiger partial charge in [-0.3, -0.25) is 0 Å². The van der Waals surface area contributed by atoms with Crippen LogP contribution in [-0.2, 0) is 6.54 Å². The van der Waals surface area contributed by atoms with Gasteiger partial charge in [-0.15, -0.1) is 5.10 Å². The van der Waals surface area contributed by atoms with Gasteiger partial charge in [0.25, 0.3) is 0 Å². The minimum Gasteiger partial charge on any atom is -0.358 e. The van der Waals surface area contributed by atoms with Crippen molar-refractivity contribution in [1.29, 1.82) is 0 Å². The Balaban J connectivity index is 1.85. The molecule has 0 aliphatic heterocycles. The molecule has 1 aliphatic carbocycles. The molecule has 2 rings (SSSR count). The summed E-state index contributed by atoms with van der Waals surface area (Å²) < 4.78 is 0. The second kappa shape index (κ2) is 7.21. The fourth-order valence-corrected chi connectivity index (χ4v) is 2.86. The van der Waals surface area contributed by atoms with E-state index in [1.54, 1.807) is 0 Å². The summed E-state index contributed by atoms with van der Waals surface area (Å²) in [5, 5.41) is 12.2. The first-order chi connectivity index (χ1) is 9.94. The lowest BCUT2D eigenvalue weighted by molar-refractivity contribution is 0.361. The van der Waals surface area contributed by atoms with Crippen LogP contribution in [0.1, 0.15) is 58.6 Å². The largest absolute Gasteiger partial charge is 0.358 e. The minimum absolute atomic E-state index is 0.109. The van der Waals surface area contributed by atoms with Gasteiger partial charge in [-0.25, -0.2) is 0 Å². The standard InChI is InChI=1S/C17H30N4/c1-17(2,3)18-12-15-10-11-16(20-19-15)21(4)13-14-8-6-5-7-9-14/h10-11,14,18H,5-9,12-13H2,1-4H3. The molecule has 0 atom stereocenters. The Morgan fingerprint density at radius 3 is 2.43 bits per heavy atom. The van der Waals surface area contributed by atoms with Crippen LogP contribution < -0.4 is 10.2 Å². The fraction of sp³-hybridized carbons (Fsp3) is 0.765. The van der Waals surface area contributed by atoms with Gasteiger partial charge in [0.05, 0.1) is 5.69 Å². The first-order valence-corrected chi connectivity index (χ1v) is 8.23. The van der Waals surface area contributed by atoms with Crippen molar-refractivity contribution in [3.8, 4) is 0 Å². The quantitative estimate of drug-likeness (QED) is 0.902. The normalized spacial score (nSPS) is 17.0. The van der Waals surface area contributed by atoms with E-state index in [1.165, 1.54) is 32.1 Å². The average molecular weight is 290 g/mol. The third-order valence-electron chi connectivity index (χ3n) is 4.15. The molecule has 0 unspecified atom stereocenters. The number of nitrogens with zero attached hydrogens (tertiary/aromatic N) is 3. The molecule has 0 spiro atoms. The molecule has 1 saturated carbocycles. The van der Waals surface area contributed by atoms with Crippen LogP contribution in [0.15, 0.2) is 12.1 Å². The van der Waals surface area contributed by atoms with Gasteiger partial charge in [0.2, 0.25) is 0 Å². The topological polar surface area (TPSA) is 41.0 Å². The molecule has 21 heavy (non-hydrogen) atoms. The Labute approximate surface area is 129 Å². The molecule has 1 fully saturated rings. The molecule has 0 radical (unpaired) electrons. The van der Waals surface area contributed by atoms with E-state index >= 15 is 0 Å². The molecule has 0 aromatic carbocycles. The van der Waals surface area contributed by atoms with Crippen molar-refractivity contribution in [2.75, 3.05) is 18.5 Å². The molecule has 1 N–H and O–H groups in total. The lowest BCUT2D eigenvalue weighted by Crippen LogP contribution is -2.35. The molecule has 4 heteroatoms. The van der Waals surface area contributed by atoms with Gasteiger partial charge < -0.3 is 10.2 Å². The Morgan fingerprint density at radius 1 is 1.14 bits per heavy atom. The number of aromatic nitrogens is 2. The minimum atomic E-state index is 0.109. The summed E-state index contributed by atoms with van der Waals surface area (Å²) >= 11 is 0. The highest BCUT2D eigenvalue weighted by molar-refractivity contribution is 5.36. The molecular formula is C17H30N4. The van der Waals surface area contributed by atoms with E-state index in [0.29, 0.717) is 0 Å². The van der Waals surface area contributed by atoms with Crippen LogP contribution in [-0.4, -0.2) is 29.3 Å². The molecule has 4 nitrogen and oxygen atoms in total. The van der Waals surface area contributed by atoms with Crippen LogP contribution in [0.3, 0.4) is 0 Å². The highest BCUT2D eigenvalue weighted by atomic mass is 15.2. The molecule has 0 saturated heterocycles. The Bertz CT molecular complexity index is 415. The highest BCUT2D eigenvalue weighted by Gasteiger charge is 2.16. The average Bonchev–Trinajstić information content (AvgIpc) is 2.46. The molecule has 1 aromatic rings. The highest BCUT2D eigenvalue weighted by Crippen LogP contribution is 2.25. The van der Waals surface area contributed by atoms with E-state index in [0.717, 1.165) is 30.5 Å². The van der Waals surface area contributed by atoms with Crippen LogP contribution in [0.5, 0.6) is 0 Å². The van der Waals surface area contributed by atoms with Gasteiger partial charge in [-0.05, 0) is 51.7 Å². The smallest absolute Gasteiger partial charge is 0.150 e. The molecule has 0 bridgehead atoms. The summed E-state index contributed by atoms with van der Waals surface area (Å²) in [6.07, 6.45) is 6.93. The maximum atomic E-state index is 4.38. The van der Waals surface area contributed by atoms with Gasteiger partial charge in [-0.2, -0.15) is 5.10 Å². The lowest BCUT2D eigenvalue weighted by atomic mass is 9.89. The summed E-state index contributed by atoms with van der Waals surface area (Å²) in [5.41, 5.74) is 1.11. The van der Waals surface area contributed by atoms with E-state index in [-0.39, 0.29) is 5.54 Å². The van der Waals surface area contributed by atoms with Crippen LogP contribution in [0.25, 0.3) is 0 Å². The van der Waals surface area contributed by atoms with Crippen LogP contribution in [0, 0.1) is 5.92 Å². The zero-order valence-corrected chi connectivity index (χ0v) is 14.0. The monoisotopic (exact) mass is 290 g/mol. The summed E-state index contributed by atoms with van der Waals surface area (Å²) in [6.45, 7) is 8.35. The van der Waals surface area contributed by atoms with Gasteiger partial charge in [-0.1, -0.05) is 19.3 Å². The zero-order chi connectivity index (χ0) is 15.3. The second-order valence-electron chi connectivity index (χ2n) is 7.37. The van der Waals surface area contributed by atoms with E-state index in [1.807, 2.05) is 0 Å².